The first kappa shape index (κ1) is 32.0. The van der Waals surface area contributed by atoms with Gasteiger partial charge in [0.1, 0.15) is 24.2 Å². The van der Waals surface area contributed by atoms with E-state index in [0.717, 1.165) is 0 Å². The molecule has 7 atom stereocenters. The molecule has 8 nitrogen and oxygen atoms in total. The van der Waals surface area contributed by atoms with Gasteiger partial charge in [0.05, 0.1) is 24.2 Å². The van der Waals surface area contributed by atoms with Gasteiger partial charge in [-0.3, -0.25) is 14.4 Å². The van der Waals surface area contributed by atoms with E-state index in [1.807, 2.05) is 58.0 Å². The van der Waals surface area contributed by atoms with Crippen LogP contribution in [0.5, 0.6) is 0 Å². The molecule has 42 heavy (non-hydrogen) atoms. The number of nitrogens with zero attached hydrogens (tertiary/aromatic N) is 2. The molecule has 3 unspecified atom stereocenters. The molecule has 0 aromatic heterocycles. The summed E-state index contributed by atoms with van der Waals surface area (Å²) in [6, 6.07) is 7.35. The third-order valence-corrected chi connectivity index (χ3v) is 9.55. The Morgan fingerprint density at radius 2 is 1.83 bits per heavy atom. The van der Waals surface area contributed by atoms with E-state index in [1.54, 1.807) is 11.0 Å². The summed E-state index contributed by atoms with van der Waals surface area (Å²) in [5.41, 5.74) is -2.24. The number of carbonyl (C=O) groups excluding carboxylic acids is 3. The topological polar surface area (TPSA) is 96.4 Å². The zero-order chi connectivity index (χ0) is 31.3. The molecule has 230 valence electrons. The van der Waals surface area contributed by atoms with Crippen LogP contribution in [0.15, 0.2) is 55.6 Å². The molecule has 1 aromatic rings. The van der Waals surface area contributed by atoms with Gasteiger partial charge in [0, 0.05) is 12.1 Å². The molecule has 0 saturated carbocycles. The minimum Gasteiger partial charge on any atom is -0.461 e. The molecule has 4 rings (SSSR count). The van der Waals surface area contributed by atoms with Crippen LogP contribution in [0, 0.1) is 23.2 Å². The number of hydrogen-bond acceptors (Lipinski definition) is 6. The molecular weight excluding hydrogens is 532 g/mol. The van der Waals surface area contributed by atoms with Crippen LogP contribution in [0.1, 0.15) is 72.9 Å². The minimum absolute atomic E-state index is 0.0111. The molecule has 3 aliphatic rings. The summed E-state index contributed by atoms with van der Waals surface area (Å²) >= 11 is 0. The van der Waals surface area contributed by atoms with Crippen molar-refractivity contribution < 1.29 is 29.0 Å². The van der Waals surface area contributed by atoms with E-state index in [4.69, 9.17) is 9.47 Å². The number of aliphatic hydroxyl groups excluding tert-OH is 1. The smallest absolute Gasteiger partial charge is 0.313 e. The van der Waals surface area contributed by atoms with Gasteiger partial charge in [-0.05, 0) is 50.5 Å². The highest BCUT2D eigenvalue weighted by Crippen LogP contribution is 2.66. The average molecular weight is 581 g/mol. The number of carbonyl (C=O) groups is 3. The van der Waals surface area contributed by atoms with Crippen LogP contribution in [0.2, 0.25) is 0 Å². The normalized spacial score (nSPS) is 31.0. The van der Waals surface area contributed by atoms with Gasteiger partial charge in [-0.1, -0.05) is 76.8 Å². The molecule has 3 heterocycles. The van der Waals surface area contributed by atoms with Crippen LogP contribution in [-0.2, 0) is 23.9 Å². The monoisotopic (exact) mass is 580 g/mol. The molecule has 3 aliphatic heterocycles. The molecule has 0 radical (unpaired) electrons. The Bertz CT molecular complexity index is 1220. The van der Waals surface area contributed by atoms with Crippen molar-refractivity contribution in [2.24, 2.45) is 23.2 Å². The third kappa shape index (κ3) is 5.11. The number of likely N-dealkylation sites (tertiary alicyclic amines) is 1. The van der Waals surface area contributed by atoms with Crippen LogP contribution in [0.25, 0.3) is 0 Å². The van der Waals surface area contributed by atoms with E-state index in [2.05, 4.69) is 33.9 Å². The summed E-state index contributed by atoms with van der Waals surface area (Å²) in [6.45, 7) is 21.8. The summed E-state index contributed by atoms with van der Waals surface area (Å²) in [5.74, 6) is -3.14. The molecule has 1 N–H and O–H groups in total. The van der Waals surface area contributed by atoms with Gasteiger partial charge >= 0.3 is 5.97 Å². The Labute approximate surface area is 250 Å². The van der Waals surface area contributed by atoms with Crippen LogP contribution in [0.3, 0.4) is 0 Å². The zero-order valence-electron chi connectivity index (χ0n) is 26.3. The molecule has 1 spiro atoms. The van der Waals surface area contributed by atoms with Gasteiger partial charge in [-0.2, -0.15) is 0 Å². The van der Waals surface area contributed by atoms with E-state index in [0.29, 0.717) is 18.4 Å². The second-order valence-corrected chi connectivity index (χ2v) is 14.3. The van der Waals surface area contributed by atoms with Crippen molar-refractivity contribution in [1.29, 1.82) is 0 Å². The fourth-order valence-corrected chi connectivity index (χ4v) is 8.22. The molecule has 8 heteroatoms. The standard InChI is InChI=1S/C34H48N2O6/c1-10-17-35(32(7,8)21-31(4,5)6)29(39)27-34-19-22(3)33(9,42-34)26(30(40)41-18-11-2)25(34)28(38)36(27)24(20-37)23-15-13-12-14-16-23/h10-16,22,24-27,37H,1-2,17-21H2,3-9H3/t22?,24-,25+,26-,27?,33+,34?/m1/s1. The number of hydrogen-bond donors (Lipinski definition) is 1. The van der Waals surface area contributed by atoms with Crippen molar-refractivity contribution >= 4 is 17.8 Å². The van der Waals surface area contributed by atoms with E-state index < -0.39 is 53.2 Å². The summed E-state index contributed by atoms with van der Waals surface area (Å²) in [4.78, 5) is 46.6. The number of rotatable bonds is 11. The second-order valence-electron chi connectivity index (χ2n) is 14.3. The number of aliphatic hydroxyl groups is 1. The highest BCUT2D eigenvalue weighted by molar-refractivity contribution is 5.99. The molecule has 2 amide bonds. The van der Waals surface area contributed by atoms with E-state index in [-0.39, 0.29) is 36.3 Å². The lowest BCUT2D eigenvalue weighted by Gasteiger charge is -2.46. The highest BCUT2D eigenvalue weighted by Gasteiger charge is 2.81. The fraction of sp³-hybridized carbons (Fsp3) is 0.618. The fourth-order valence-electron chi connectivity index (χ4n) is 8.22. The van der Waals surface area contributed by atoms with Crippen molar-refractivity contribution in [3.63, 3.8) is 0 Å². The lowest BCUT2D eigenvalue weighted by atomic mass is 9.62. The largest absolute Gasteiger partial charge is 0.461 e. The van der Waals surface area contributed by atoms with Crippen LogP contribution >= 0.6 is 0 Å². The van der Waals surface area contributed by atoms with Crippen molar-refractivity contribution in [2.45, 2.75) is 90.1 Å². The minimum atomic E-state index is -1.26. The predicted octanol–water partition coefficient (Wildman–Crippen LogP) is 4.69. The van der Waals surface area contributed by atoms with Crippen molar-refractivity contribution in [2.75, 3.05) is 19.8 Å². The Balaban J connectivity index is 1.91. The quantitative estimate of drug-likeness (QED) is 0.301. The summed E-state index contributed by atoms with van der Waals surface area (Å²) in [6.07, 6.45) is 4.31. The van der Waals surface area contributed by atoms with Crippen LogP contribution in [0.4, 0.5) is 0 Å². The predicted molar refractivity (Wildman–Crippen MR) is 161 cm³/mol. The number of esters is 1. The number of fused-ring (bicyclic) bond motifs is 1. The molecule has 1 aromatic carbocycles. The lowest BCUT2D eigenvalue weighted by Crippen LogP contribution is -2.61. The van der Waals surface area contributed by atoms with E-state index in [1.165, 1.54) is 11.0 Å². The Morgan fingerprint density at radius 3 is 2.38 bits per heavy atom. The van der Waals surface area contributed by atoms with Crippen molar-refractivity contribution in [3.05, 3.63) is 61.2 Å². The molecule has 3 fully saturated rings. The van der Waals surface area contributed by atoms with Gasteiger partial charge in [-0.15, -0.1) is 6.58 Å². The van der Waals surface area contributed by atoms with Gasteiger partial charge in [0.15, 0.2) is 0 Å². The van der Waals surface area contributed by atoms with Gasteiger partial charge < -0.3 is 24.4 Å². The first-order valence-electron chi connectivity index (χ1n) is 15.0. The summed E-state index contributed by atoms with van der Waals surface area (Å²) < 4.78 is 12.4. The van der Waals surface area contributed by atoms with Crippen LogP contribution < -0.4 is 0 Å². The molecule has 3 saturated heterocycles. The Morgan fingerprint density at radius 1 is 1.19 bits per heavy atom. The van der Waals surface area contributed by atoms with Crippen LogP contribution in [-0.4, -0.2) is 75.2 Å². The first-order chi connectivity index (χ1) is 19.6. The average Bonchev–Trinajstić information content (AvgIpc) is 3.42. The lowest BCUT2D eigenvalue weighted by molar-refractivity contribution is -0.164. The van der Waals surface area contributed by atoms with Gasteiger partial charge in [0.2, 0.25) is 11.8 Å². The van der Waals surface area contributed by atoms with E-state index in [9.17, 15) is 14.7 Å². The second kappa shape index (κ2) is 11.3. The van der Waals surface area contributed by atoms with Crippen molar-refractivity contribution in [1.82, 2.24) is 9.80 Å². The maximum absolute atomic E-state index is 15.1. The number of amides is 2. The number of benzene rings is 1. The summed E-state index contributed by atoms with van der Waals surface area (Å²) in [7, 11) is 0. The highest BCUT2D eigenvalue weighted by atomic mass is 16.6. The first-order valence-corrected chi connectivity index (χ1v) is 15.0. The van der Waals surface area contributed by atoms with Gasteiger partial charge in [-0.25, -0.2) is 0 Å². The van der Waals surface area contributed by atoms with E-state index >= 15 is 4.79 Å². The maximum Gasteiger partial charge on any atom is 0.313 e. The SMILES string of the molecule is C=CCOC(=O)[C@H]1[C@H]2C(=O)N([C@H](CO)c3ccccc3)C(C(=O)N(CC=C)C(C)(C)CC(C)(C)C)C23CC(C)[C@]1(C)O3. The molecular formula is C34H48N2O6. The van der Waals surface area contributed by atoms with Crippen molar-refractivity contribution in [3.8, 4) is 0 Å². The zero-order valence-corrected chi connectivity index (χ0v) is 26.3. The van der Waals surface area contributed by atoms with Gasteiger partial charge in [0.25, 0.3) is 0 Å². The maximum atomic E-state index is 15.1. The number of ether oxygens (including phenoxy) is 2. The third-order valence-electron chi connectivity index (χ3n) is 9.55. The Kier molecular flexibility index (Phi) is 8.57. The molecule has 2 bridgehead atoms. The Hall–Kier alpha value is -2.97. The molecule has 0 aliphatic carbocycles. The summed E-state index contributed by atoms with van der Waals surface area (Å²) in [5, 5.41) is 10.8.